The molecule has 0 aliphatic heterocycles. The maximum atomic E-state index is 13.9. The lowest BCUT2D eigenvalue weighted by Crippen LogP contribution is -2.58. The molecule has 2 aliphatic rings. The topological polar surface area (TPSA) is 163 Å². The van der Waals surface area contributed by atoms with Crippen LogP contribution in [0.3, 0.4) is 0 Å². The van der Waals surface area contributed by atoms with Crippen LogP contribution >= 0.6 is 0 Å². The number of ketones is 1. The van der Waals surface area contributed by atoms with Gasteiger partial charge in [-0.05, 0) is 38.3 Å². The SMILES string of the molecule is C=C1[C@H](OC(C)=O)[C@H]2[C@@H](OC(=O)c3ccccc3)[C@@H](C)C[C@]2(O)[C@@H](O)[C@H](C)/C=C/C(C)(C)C(=O)[C@H](OC(C)=O)[C@H]1OC(C)=O. The number of hydrogen-bond donors (Lipinski definition) is 2. The largest absolute Gasteiger partial charge is 0.458 e. The Hall–Kier alpha value is -3.83. The zero-order valence-corrected chi connectivity index (χ0v) is 26.1. The second-order valence-electron chi connectivity index (χ2n) is 12.3. The average molecular weight is 615 g/mol. The summed E-state index contributed by atoms with van der Waals surface area (Å²) < 4.78 is 22.7. The van der Waals surface area contributed by atoms with Crippen LogP contribution in [0.4, 0.5) is 0 Å². The number of Topliss-reactive ketones (excluding diaryl/α,β-unsaturated/α-hetero) is 1. The van der Waals surface area contributed by atoms with Gasteiger partial charge in [0.1, 0.15) is 17.8 Å². The summed E-state index contributed by atoms with van der Waals surface area (Å²) in [5, 5.41) is 24.0. The minimum Gasteiger partial charge on any atom is -0.458 e. The van der Waals surface area contributed by atoms with E-state index in [4.69, 9.17) is 18.9 Å². The summed E-state index contributed by atoms with van der Waals surface area (Å²) in [5.74, 6) is -6.63. The molecule has 1 aromatic rings. The number of fused-ring (bicyclic) bond motifs is 1. The molecule has 0 spiro atoms. The predicted molar refractivity (Wildman–Crippen MR) is 157 cm³/mol. The van der Waals surface area contributed by atoms with Crippen molar-refractivity contribution in [3.8, 4) is 0 Å². The summed E-state index contributed by atoms with van der Waals surface area (Å²) in [4.78, 5) is 64.4. The van der Waals surface area contributed by atoms with Crippen molar-refractivity contribution >= 4 is 29.7 Å². The monoisotopic (exact) mass is 614 g/mol. The van der Waals surface area contributed by atoms with Crippen molar-refractivity contribution in [2.24, 2.45) is 23.2 Å². The Bertz CT molecular complexity index is 1320. The molecule has 44 heavy (non-hydrogen) atoms. The fourth-order valence-corrected chi connectivity index (χ4v) is 6.18. The van der Waals surface area contributed by atoms with Crippen LogP contribution in [0, 0.1) is 23.2 Å². The van der Waals surface area contributed by atoms with Crippen molar-refractivity contribution in [3.05, 3.63) is 60.2 Å². The maximum absolute atomic E-state index is 13.9. The molecule has 0 bridgehead atoms. The Balaban J connectivity index is 2.31. The van der Waals surface area contributed by atoms with Gasteiger partial charge >= 0.3 is 23.9 Å². The summed E-state index contributed by atoms with van der Waals surface area (Å²) in [6, 6.07) is 8.13. The van der Waals surface area contributed by atoms with Gasteiger partial charge in [0, 0.05) is 37.7 Å². The van der Waals surface area contributed by atoms with Gasteiger partial charge in [-0.3, -0.25) is 19.2 Å². The molecule has 0 amide bonds. The van der Waals surface area contributed by atoms with Crippen molar-refractivity contribution in [3.63, 3.8) is 0 Å². The van der Waals surface area contributed by atoms with Gasteiger partial charge in [-0.2, -0.15) is 0 Å². The Morgan fingerprint density at radius 3 is 1.93 bits per heavy atom. The lowest BCUT2D eigenvalue weighted by Gasteiger charge is -2.44. The molecule has 0 aromatic heterocycles. The molecule has 9 atom stereocenters. The van der Waals surface area contributed by atoms with E-state index in [1.165, 1.54) is 6.08 Å². The number of rotatable bonds is 5. The first-order valence-electron chi connectivity index (χ1n) is 14.5. The molecule has 0 unspecified atom stereocenters. The minimum absolute atomic E-state index is 0.0806. The lowest BCUT2D eigenvalue weighted by molar-refractivity contribution is -0.179. The van der Waals surface area contributed by atoms with E-state index in [9.17, 15) is 34.2 Å². The Morgan fingerprint density at radius 1 is 0.864 bits per heavy atom. The molecule has 2 aliphatic carbocycles. The van der Waals surface area contributed by atoms with Crippen molar-refractivity contribution in [1.29, 1.82) is 0 Å². The minimum atomic E-state index is -2.04. The number of allylic oxidation sites excluding steroid dienone is 1. The van der Waals surface area contributed by atoms with Crippen LogP contribution in [0.2, 0.25) is 0 Å². The van der Waals surface area contributed by atoms with Gasteiger partial charge < -0.3 is 29.2 Å². The molecule has 0 heterocycles. The van der Waals surface area contributed by atoms with Gasteiger partial charge in [-0.15, -0.1) is 0 Å². The highest BCUT2D eigenvalue weighted by Crippen LogP contribution is 2.50. The van der Waals surface area contributed by atoms with Crippen LogP contribution in [0.25, 0.3) is 0 Å². The third-order valence-electron chi connectivity index (χ3n) is 8.32. The summed E-state index contributed by atoms with van der Waals surface area (Å²) in [5.41, 5.74) is -3.35. The fraction of sp³-hybridized carbons (Fsp3) is 0.545. The normalized spacial score (nSPS) is 34.4. The van der Waals surface area contributed by atoms with Gasteiger partial charge in [-0.1, -0.05) is 50.8 Å². The van der Waals surface area contributed by atoms with Gasteiger partial charge in [0.25, 0.3) is 0 Å². The number of aliphatic hydroxyl groups excluding tert-OH is 1. The highest BCUT2D eigenvalue weighted by Gasteiger charge is 2.62. The highest BCUT2D eigenvalue weighted by molar-refractivity contribution is 5.93. The first-order valence-corrected chi connectivity index (χ1v) is 14.5. The molecular weight excluding hydrogens is 572 g/mol. The summed E-state index contributed by atoms with van der Waals surface area (Å²) in [6.45, 7) is 13.8. The van der Waals surface area contributed by atoms with Crippen LogP contribution in [0.1, 0.15) is 65.2 Å². The Morgan fingerprint density at radius 2 is 1.39 bits per heavy atom. The molecule has 3 rings (SSSR count). The highest BCUT2D eigenvalue weighted by atomic mass is 16.6. The zero-order chi connectivity index (χ0) is 33.1. The number of ether oxygens (including phenoxy) is 4. The molecule has 11 heteroatoms. The molecule has 2 N–H and O–H groups in total. The van der Waals surface area contributed by atoms with E-state index < -0.39 is 89.0 Å². The van der Waals surface area contributed by atoms with Crippen LogP contribution < -0.4 is 0 Å². The number of benzene rings is 1. The maximum Gasteiger partial charge on any atom is 0.338 e. The van der Waals surface area contributed by atoms with Crippen molar-refractivity contribution in [2.75, 3.05) is 0 Å². The molecule has 0 radical (unpaired) electrons. The quantitative estimate of drug-likeness (QED) is 0.285. The Kier molecular flexibility index (Phi) is 10.6. The molecule has 1 fully saturated rings. The second kappa shape index (κ2) is 13.4. The number of aliphatic hydroxyl groups is 2. The number of hydrogen-bond acceptors (Lipinski definition) is 11. The molecule has 1 saturated carbocycles. The summed E-state index contributed by atoms with van der Waals surface area (Å²) in [7, 11) is 0. The van der Waals surface area contributed by atoms with E-state index in [0.717, 1.165) is 20.8 Å². The number of esters is 4. The van der Waals surface area contributed by atoms with E-state index in [2.05, 4.69) is 6.58 Å². The molecular formula is C33H42O11. The molecule has 0 saturated heterocycles. The fourth-order valence-electron chi connectivity index (χ4n) is 6.18. The van der Waals surface area contributed by atoms with Crippen molar-refractivity contribution < 1.29 is 53.1 Å². The van der Waals surface area contributed by atoms with E-state index in [0.29, 0.717) is 0 Å². The summed E-state index contributed by atoms with van der Waals surface area (Å²) >= 11 is 0. The molecule has 1 aromatic carbocycles. The number of carbonyl (C=O) groups is 5. The van der Waals surface area contributed by atoms with Crippen LogP contribution in [0.15, 0.2) is 54.6 Å². The van der Waals surface area contributed by atoms with E-state index in [1.54, 1.807) is 64.1 Å². The number of carbonyl (C=O) groups excluding carboxylic acids is 5. The van der Waals surface area contributed by atoms with Crippen molar-refractivity contribution in [1.82, 2.24) is 0 Å². The predicted octanol–water partition coefficient (Wildman–Crippen LogP) is 3.11. The first-order chi connectivity index (χ1) is 20.4. The van der Waals surface area contributed by atoms with Crippen LogP contribution in [-0.2, 0) is 38.1 Å². The standard InChI is InChI=1S/C33H42O11/c1-17-14-15-32(7,8)30(38)28(43-22(6)36)27(42-21(5)35)19(3)26(41-20(4)34)24-25(18(2)16-33(24,40)29(17)37)44-31(39)23-12-10-9-11-13-23/h9-15,17-18,24-29,37,40H,3,16H2,1-2,4-8H3/b15-14+/t17-,18+,24-,25+,26+,27+,28-,29+,33-/m1/s1. The van der Waals surface area contributed by atoms with Gasteiger partial charge in [0.05, 0.1) is 17.6 Å². The van der Waals surface area contributed by atoms with Crippen LogP contribution in [0.5, 0.6) is 0 Å². The summed E-state index contributed by atoms with van der Waals surface area (Å²) in [6.07, 6.45) is -4.66. The third-order valence-corrected chi connectivity index (χ3v) is 8.32. The lowest BCUT2D eigenvalue weighted by atomic mass is 9.72. The van der Waals surface area contributed by atoms with E-state index in [1.807, 2.05) is 0 Å². The zero-order valence-electron chi connectivity index (χ0n) is 26.1. The van der Waals surface area contributed by atoms with Crippen LogP contribution in [-0.4, -0.2) is 76.0 Å². The second-order valence-corrected chi connectivity index (χ2v) is 12.3. The molecule has 11 nitrogen and oxygen atoms in total. The van der Waals surface area contributed by atoms with Gasteiger partial charge in [0.15, 0.2) is 11.9 Å². The van der Waals surface area contributed by atoms with Crippen molar-refractivity contribution in [2.45, 2.75) is 91.0 Å². The first kappa shape index (κ1) is 34.7. The van der Waals surface area contributed by atoms with Gasteiger partial charge in [-0.25, -0.2) is 4.79 Å². The van der Waals surface area contributed by atoms with Gasteiger partial charge in [0.2, 0.25) is 6.10 Å². The van der Waals surface area contributed by atoms with E-state index in [-0.39, 0.29) is 17.6 Å². The Labute approximate surface area is 257 Å². The molecule has 240 valence electrons. The third kappa shape index (κ3) is 7.27. The smallest absolute Gasteiger partial charge is 0.338 e. The average Bonchev–Trinajstić information content (AvgIpc) is 3.20. The van der Waals surface area contributed by atoms with E-state index >= 15 is 0 Å².